The number of nitrogen functional groups attached to an aromatic ring is 1. The first kappa shape index (κ1) is 12.3. The van der Waals surface area contributed by atoms with Gasteiger partial charge in [0, 0.05) is 25.2 Å². The van der Waals surface area contributed by atoms with Gasteiger partial charge in [0.25, 0.3) is 0 Å². The molecule has 3 rings (SSSR count). The number of benzene rings is 1. The number of carbonyl (C=O) groups is 1. The van der Waals surface area contributed by atoms with E-state index in [0.717, 1.165) is 48.4 Å². The number of carbonyl (C=O) groups excluding carboxylic acids is 1. The van der Waals surface area contributed by atoms with Gasteiger partial charge in [-0.3, -0.25) is 4.79 Å². The van der Waals surface area contributed by atoms with Crippen LogP contribution >= 0.6 is 0 Å². The van der Waals surface area contributed by atoms with Gasteiger partial charge < -0.3 is 21.1 Å². The minimum absolute atomic E-state index is 0.0573. The van der Waals surface area contributed by atoms with E-state index in [1.807, 2.05) is 12.1 Å². The molecule has 1 aromatic carbocycles. The van der Waals surface area contributed by atoms with Gasteiger partial charge >= 0.3 is 0 Å². The Balaban J connectivity index is 1.93. The highest BCUT2D eigenvalue weighted by atomic mass is 16.3. The molecule has 1 atom stereocenters. The highest BCUT2D eigenvalue weighted by molar-refractivity contribution is 5.95. The van der Waals surface area contributed by atoms with Crippen LogP contribution in [0.4, 0.5) is 17.1 Å². The number of hydrogen-bond donors (Lipinski definition) is 3. The summed E-state index contributed by atoms with van der Waals surface area (Å²) in [5.74, 6) is 0.0573. The first-order valence-corrected chi connectivity index (χ1v) is 6.79. The van der Waals surface area contributed by atoms with Crippen LogP contribution in [0.25, 0.3) is 0 Å². The fourth-order valence-electron chi connectivity index (χ4n) is 2.88. The maximum Gasteiger partial charge on any atom is 0.224 e. The zero-order valence-electron chi connectivity index (χ0n) is 10.9. The normalized spacial score (nSPS) is 22.9. The summed E-state index contributed by atoms with van der Waals surface area (Å²) in [7, 11) is 0. The lowest BCUT2D eigenvalue weighted by molar-refractivity contribution is -0.116. The average molecular weight is 261 g/mol. The molecule has 102 valence electrons. The summed E-state index contributed by atoms with van der Waals surface area (Å²) in [6, 6.07) is 3.89. The number of nitrogens with one attached hydrogen (secondary N) is 1. The van der Waals surface area contributed by atoms with Gasteiger partial charge in [-0.15, -0.1) is 0 Å². The van der Waals surface area contributed by atoms with Gasteiger partial charge in [-0.05, 0) is 37.0 Å². The van der Waals surface area contributed by atoms with Crippen molar-refractivity contribution in [2.45, 2.75) is 31.8 Å². The molecule has 1 unspecified atom stereocenters. The number of aryl methyl sites for hydroxylation is 1. The van der Waals surface area contributed by atoms with Crippen LogP contribution in [0.15, 0.2) is 12.1 Å². The zero-order valence-corrected chi connectivity index (χ0v) is 10.9. The van der Waals surface area contributed by atoms with Gasteiger partial charge in [0.2, 0.25) is 5.91 Å². The fraction of sp³-hybridized carbons (Fsp3) is 0.500. The summed E-state index contributed by atoms with van der Waals surface area (Å²) in [5.41, 5.74) is 9.72. The van der Waals surface area contributed by atoms with Gasteiger partial charge in [0.05, 0.1) is 17.5 Å². The SMILES string of the molecule is Nc1cc2c(cc1N1CCCC(O)C1)NC(=O)CC2. The number of aliphatic hydroxyl groups excluding tert-OH is 1. The molecule has 1 amide bonds. The predicted molar refractivity (Wildman–Crippen MR) is 75.3 cm³/mol. The van der Waals surface area contributed by atoms with E-state index in [-0.39, 0.29) is 12.0 Å². The molecule has 0 radical (unpaired) electrons. The molecule has 1 saturated heterocycles. The number of fused-ring (bicyclic) bond motifs is 1. The fourth-order valence-corrected chi connectivity index (χ4v) is 2.88. The van der Waals surface area contributed by atoms with Gasteiger partial charge in [-0.1, -0.05) is 0 Å². The third-order valence-electron chi connectivity index (χ3n) is 3.89. The minimum atomic E-state index is -0.293. The quantitative estimate of drug-likeness (QED) is 0.662. The summed E-state index contributed by atoms with van der Waals surface area (Å²) >= 11 is 0. The predicted octanol–water partition coefficient (Wildman–Crippen LogP) is 1.11. The van der Waals surface area contributed by atoms with Crippen molar-refractivity contribution in [2.75, 3.05) is 29.0 Å². The van der Waals surface area contributed by atoms with Gasteiger partial charge in [-0.2, -0.15) is 0 Å². The van der Waals surface area contributed by atoms with Crippen LogP contribution < -0.4 is 16.0 Å². The van der Waals surface area contributed by atoms with Crippen LogP contribution in [-0.2, 0) is 11.2 Å². The molecule has 0 aromatic heterocycles. The Morgan fingerprint density at radius 3 is 3.00 bits per heavy atom. The van der Waals surface area contributed by atoms with Crippen molar-refractivity contribution in [2.24, 2.45) is 0 Å². The topological polar surface area (TPSA) is 78.6 Å². The molecule has 0 bridgehead atoms. The highest BCUT2D eigenvalue weighted by Gasteiger charge is 2.22. The zero-order chi connectivity index (χ0) is 13.4. The van der Waals surface area contributed by atoms with Crippen LogP contribution in [0.5, 0.6) is 0 Å². The van der Waals surface area contributed by atoms with E-state index in [2.05, 4.69) is 10.2 Å². The number of rotatable bonds is 1. The Bertz CT molecular complexity index is 516. The van der Waals surface area contributed by atoms with Crippen molar-refractivity contribution in [1.29, 1.82) is 0 Å². The maximum atomic E-state index is 11.5. The third-order valence-corrected chi connectivity index (χ3v) is 3.89. The van der Waals surface area contributed by atoms with Gasteiger partial charge in [0.1, 0.15) is 0 Å². The average Bonchev–Trinajstić information content (AvgIpc) is 2.38. The van der Waals surface area contributed by atoms with Crippen LogP contribution in [0.2, 0.25) is 0 Å². The van der Waals surface area contributed by atoms with Crippen molar-refractivity contribution < 1.29 is 9.90 Å². The molecule has 2 aliphatic heterocycles. The van der Waals surface area contributed by atoms with Crippen molar-refractivity contribution in [3.8, 4) is 0 Å². The van der Waals surface area contributed by atoms with Crippen molar-refractivity contribution >= 4 is 23.0 Å². The number of piperidine rings is 1. The summed E-state index contributed by atoms with van der Waals surface area (Å²) < 4.78 is 0. The number of aliphatic hydroxyl groups is 1. The molecule has 19 heavy (non-hydrogen) atoms. The van der Waals surface area contributed by atoms with E-state index in [4.69, 9.17) is 5.73 Å². The van der Waals surface area contributed by atoms with Crippen LogP contribution in [0, 0.1) is 0 Å². The molecule has 0 spiro atoms. The molecule has 0 aliphatic carbocycles. The van der Waals surface area contributed by atoms with E-state index < -0.39 is 0 Å². The molecule has 1 aromatic rings. The molecular formula is C14H19N3O2. The van der Waals surface area contributed by atoms with Gasteiger partial charge in [0.15, 0.2) is 0 Å². The summed E-state index contributed by atoms with van der Waals surface area (Å²) in [6.07, 6.45) is 2.78. The maximum absolute atomic E-state index is 11.5. The first-order chi connectivity index (χ1) is 9.13. The Morgan fingerprint density at radius 1 is 1.37 bits per heavy atom. The molecule has 5 nitrogen and oxygen atoms in total. The molecular weight excluding hydrogens is 242 g/mol. The highest BCUT2D eigenvalue weighted by Crippen LogP contribution is 2.34. The number of anilines is 3. The molecule has 5 heteroatoms. The molecule has 1 fully saturated rings. The summed E-state index contributed by atoms with van der Waals surface area (Å²) in [4.78, 5) is 13.6. The smallest absolute Gasteiger partial charge is 0.224 e. The third kappa shape index (κ3) is 2.38. The van der Waals surface area contributed by atoms with Crippen LogP contribution in [0.3, 0.4) is 0 Å². The lowest BCUT2D eigenvalue weighted by Gasteiger charge is -2.33. The second-order valence-electron chi connectivity index (χ2n) is 5.36. The van der Waals surface area contributed by atoms with E-state index in [0.29, 0.717) is 13.0 Å². The number of amides is 1. The van der Waals surface area contributed by atoms with Crippen LogP contribution in [-0.4, -0.2) is 30.2 Å². The Hall–Kier alpha value is -1.75. The molecule has 2 aliphatic rings. The van der Waals surface area contributed by atoms with Crippen LogP contribution in [0.1, 0.15) is 24.8 Å². The van der Waals surface area contributed by atoms with E-state index in [9.17, 15) is 9.90 Å². The number of nitrogens with zero attached hydrogens (tertiary/aromatic N) is 1. The largest absolute Gasteiger partial charge is 0.397 e. The van der Waals surface area contributed by atoms with E-state index >= 15 is 0 Å². The Labute approximate surface area is 112 Å². The van der Waals surface area contributed by atoms with Crippen molar-refractivity contribution in [3.63, 3.8) is 0 Å². The summed E-state index contributed by atoms with van der Waals surface area (Å²) in [5, 5.41) is 12.7. The van der Waals surface area contributed by atoms with E-state index in [1.165, 1.54) is 0 Å². The summed E-state index contributed by atoms with van der Waals surface area (Å²) in [6.45, 7) is 1.50. The Morgan fingerprint density at radius 2 is 2.21 bits per heavy atom. The molecule has 4 N–H and O–H groups in total. The molecule has 2 heterocycles. The van der Waals surface area contributed by atoms with Gasteiger partial charge in [-0.25, -0.2) is 0 Å². The second kappa shape index (κ2) is 4.74. The lowest BCUT2D eigenvalue weighted by Crippen LogP contribution is -2.38. The second-order valence-corrected chi connectivity index (χ2v) is 5.36. The molecule has 0 saturated carbocycles. The standard InChI is InChI=1S/C14H19N3O2/c15-11-6-9-3-4-14(19)16-12(9)7-13(11)17-5-1-2-10(18)8-17/h6-7,10,18H,1-5,8,15H2,(H,16,19). The van der Waals surface area contributed by atoms with Crippen molar-refractivity contribution in [3.05, 3.63) is 17.7 Å². The van der Waals surface area contributed by atoms with E-state index in [1.54, 1.807) is 0 Å². The monoisotopic (exact) mass is 261 g/mol. The lowest BCUT2D eigenvalue weighted by atomic mass is 10.00. The number of hydrogen-bond acceptors (Lipinski definition) is 4. The Kier molecular flexibility index (Phi) is 3.06. The number of nitrogens with two attached hydrogens (primary N) is 1. The minimum Gasteiger partial charge on any atom is -0.397 e. The first-order valence-electron chi connectivity index (χ1n) is 6.79. The van der Waals surface area contributed by atoms with Crippen molar-refractivity contribution in [1.82, 2.24) is 0 Å². The number of β-amino-alcohol motifs (C(OH)–C–C–N with tert-alkyl or cyclic N) is 1.